The molecule has 0 aromatic rings. The Balaban J connectivity index is 2.61. The van der Waals surface area contributed by atoms with Crippen LogP contribution in [0.15, 0.2) is 0 Å². The molecule has 0 N–H and O–H groups in total. The van der Waals surface area contributed by atoms with Gasteiger partial charge in [-0.3, -0.25) is 0 Å². The first kappa shape index (κ1) is 12.9. The number of ether oxygens (including phenoxy) is 2. The maximum absolute atomic E-state index is 11.6. The number of halogens is 1. The SMILES string of the molecule is COC(=O)C1(OC)CC[CH]([Zn][I])CC1. The molecule has 1 aliphatic rings. The summed E-state index contributed by atoms with van der Waals surface area (Å²) in [6.45, 7) is 0. The van der Waals surface area contributed by atoms with E-state index in [4.69, 9.17) is 9.47 Å². The van der Waals surface area contributed by atoms with Crippen LogP contribution in [-0.2, 0) is 27.9 Å². The Morgan fingerprint density at radius 2 is 2.00 bits per heavy atom. The number of hydrogen-bond donors (Lipinski definition) is 0. The Hall–Kier alpha value is 0.783. The van der Waals surface area contributed by atoms with E-state index < -0.39 is 5.60 Å². The summed E-state index contributed by atoms with van der Waals surface area (Å²) in [6.07, 6.45) is 3.97. The summed E-state index contributed by atoms with van der Waals surface area (Å²) >= 11 is 2.24. The molecule has 1 aliphatic carbocycles. The Bertz CT molecular complexity index is 202. The van der Waals surface area contributed by atoms with Crippen molar-refractivity contribution in [2.75, 3.05) is 14.2 Å². The molecule has 14 heavy (non-hydrogen) atoms. The van der Waals surface area contributed by atoms with Crippen LogP contribution in [0.25, 0.3) is 0 Å². The van der Waals surface area contributed by atoms with E-state index in [0.29, 0.717) is 0 Å². The molecule has 0 saturated heterocycles. The van der Waals surface area contributed by atoms with Gasteiger partial charge in [0.2, 0.25) is 0 Å². The zero-order chi connectivity index (χ0) is 10.6. The van der Waals surface area contributed by atoms with E-state index in [1.807, 2.05) is 0 Å². The van der Waals surface area contributed by atoms with Crippen LogP contribution >= 0.6 is 19.8 Å². The second kappa shape index (κ2) is 5.76. The van der Waals surface area contributed by atoms with Crippen LogP contribution in [0.1, 0.15) is 25.7 Å². The molecule has 0 amide bonds. The van der Waals surface area contributed by atoms with Crippen LogP contribution in [0.5, 0.6) is 0 Å². The fourth-order valence-corrected chi connectivity index (χ4v) is 8.06. The van der Waals surface area contributed by atoms with Gasteiger partial charge in [-0.05, 0) is 0 Å². The molecule has 3 nitrogen and oxygen atoms in total. The van der Waals surface area contributed by atoms with E-state index >= 15 is 0 Å². The first-order valence-corrected chi connectivity index (χ1v) is 15.6. The molecule has 78 valence electrons. The van der Waals surface area contributed by atoms with Gasteiger partial charge in [-0.1, -0.05) is 0 Å². The van der Waals surface area contributed by atoms with Crippen LogP contribution in [0, 0.1) is 0 Å². The van der Waals surface area contributed by atoms with Crippen LogP contribution in [0.3, 0.4) is 0 Å². The molecule has 0 aromatic carbocycles. The molecule has 0 radical (unpaired) electrons. The second-order valence-electron chi connectivity index (χ2n) is 3.79. The van der Waals surface area contributed by atoms with E-state index in [2.05, 4.69) is 19.8 Å². The van der Waals surface area contributed by atoms with Crippen molar-refractivity contribution in [2.45, 2.75) is 35.8 Å². The zero-order valence-electron chi connectivity index (χ0n) is 8.72. The topological polar surface area (TPSA) is 35.5 Å². The van der Waals surface area contributed by atoms with Gasteiger partial charge in [0.15, 0.2) is 0 Å². The van der Waals surface area contributed by atoms with Gasteiger partial charge in [0, 0.05) is 0 Å². The normalized spacial score (nSPS) is 32.1. The molecule has 1 rings (SSSR count). The van der Waals surface area contributed by atoms with E-state index in [-0.39, 0.29) is 19.6 Å². The van der Waals surface area contributed by atoms with Crippen molar-refractivity contribution >= 4 is 25.7 Å². The maximum atomic E-state index is 11.6. The first-order chi connectivity index (χ1) is 6.68. The summed E-state index contributed by atoms with van der Waals surface area (Å²) in [7, 11) is 3.05. The molecule has 1 fully saturated rings. The van der Waals surface area contributed by atoms with Crippen LogP contribution in [-0.4, -0.2) is 25.8 Å². The fourth-order valence-electron chi connectivity index (χ4n) is 1.98. The van der Waals surface area contributed by atoms with Crippen molar-refractivity contribution in [3.05, 3.63) is 0 Å². The Morgan fingerprint density at radius 1 is 1.43 bits per heavy atom. The summed E-state index contributed by atoms with van der Waals surface area (Å²) in [5.74, 6) is -0.195. The van der Waals surface area contributed by atoms with Gasteiger partial charge in [0.05, 0.1) is 0 Å². The minimum atomic E-state index is -0.626. The molecule has 0 bridgehead atoms. The molecular weight excluding hydrogens is 348 g/mol. The van der Waals surface area contributed by atoms with E-state index in [0.717, 1.165) is 30.2 Å². The average Bonchev–Trinajstić information content (AvgIpc) is 2.28. The number of esters is 1. The molecule has 0 heterocycles. The van der Waals surface area contributed by atoms with Gasteiger partial charge < -0.3 is 0 Å². The number of carbonyl (C=O) groups is 1. The number of methoxy groups -OCH3 is 2. The van der Waals surface area contributed by atoms with Gasteiger partial charge in [-0.25, -0.2) is 0 Å². The zero-order valence-corrected chi connectivity index (χ0v) is 13.8. The summed E-state index contributed by atoms with van der Waals surface area (Å²) in [4.78, 5) is 11.6. The van der Waals surface area contributed by atoms with Crippen molar-refractivity contribution in [1.82, 2.24) is 0 Å². The predicted octanol–water partition coefficient (Wildman–Crippen LogP) is 2.34. The average molecular weight is 364 g/mol. The Labute approximate surface area is 103 Å². The van der Waals surface area contributed by atoms with Gasteiger partial charge in [0.25, 0.3) is 0 Å². The van der Waals surface area contributed by atoms with Crippen molar-refractivity contribution in [3.63, 3.8) is 0 Å². The Morgan fingerprint density at radius 3 is 2.36 bits per heavy atom. The molecule has 0 aromatic heterocycles. The molecule has 0 atom stereocenters. The van der Waals surface area contributed by atoms with Crippen LogP contribution in [0.2, 0.25) is 4.51 Å². The fraction of sp³-hybridized carbons (Fsp3) is 0.889. The summed E-state index contributed by atoms with van der Waals surface area (Å²) in [6, 6.07) is 0. The number of carbonyl (C=O) groups excluding carboxylic acids is 1. The van der Waals surface area contributed by atoms with Crippen LogP contribution < -0.4 is 0 Å². The summed E-state index contributed by atoms with van der Waals surface area (Å²) < 4.78 is 11.1. The minimum absolute atomic E-state index is 0.195. The van der Waals surface area contributed by atoms with Crippen molar-refractivity contribution < 1.29 is 27.9 Å². The molecule has 1 saturated carbocycles. The van der Waals surface area contributed by atoms with Crippen LogP contribution in [0.4, 0.5) is 0 Å². The third kappa shape index (κ3) is 2.67. The first-order valence-electron chi connectivity index (χ1n) is 4.88. The summed E-state index contributed by atoms with van der Waals surface area (Å²) in [5, 5.41) is 0. The van der Waals surface area contributed by atoms with E-state index in [1.54, 1.807) is 7.11 Å². The molecule has 0 aliphatic heterocycles. The Kier molecular flexibility index (Phi) is 5.28. The summed E-state index contributed by atoms with van der Waals surface area (Å²) in [5.41, 5.74) is -0.626. The quantitative estimate of drug-likeness (QED) is 0.439. The van der Waals surface area contributed by atoms with Gasteiger partial charge in [0.1, 0.15) is 0 Å². The number of hydrogen-bond acceptors (Lipinski definition) is 3. The molecule has 0 unspecified atom stereocenters. The van der Waals surface area contributed by atoms with Crippen molar-refractivity contribution in [1.29, 1.82) is 0 Å². The monoisotopic (exact) mass is 362 g/mol. The molecule has 0 spiro atoms. The van der Waals surface area contributed by atoms with Gasteiger partial charge >= 0.3 is 104 Å². The van der Waals surface area contributed by atoms with Gasteiger partial charge in [-0.15, -0.1) is 0 Å². The predicted molar refractivity (Wildman–Crippen MR) is 58.0 cm³/mol. The third-order valence-corrected chi connectivity index (χ3v) is 12.2. The van der Waals surface area contributed by atoms with Crippen molar-refractivity contribution in [2.24, 2.45) is 0 Å². The third-order valence-electron chi connectivity index (χ3n) is 3.08. The van der Waals surface area contributed by atoms with E-state index in [9.17, 15) is 4.79 Å². The molecular formula is C9H15IO3Zn. The van der Waals surface area contributed by atoms with Gasteiger partial charge in [-0.2, -0.15) is 0 Å². The molecule has 5 heteroatoms. The standard InChI is InChI=1S/C9H15O3.HI.Zn/c1-11-8(10)9(12-2)6-4-3-5-7-9;;/h3H,4-7H2,1-2H3;1H;/q;;+1/p-1. The van der Waals surface area contributed by atoms with Crippen molar-refractivity contribution in [3.8, 4) is 0 Å². The van der Waals surface area contributed by atoms with E-state index in [1.165, 1.54) is 7.11 Å². The second-order valence-corrected chi connectivity index (χ2v) is 11.4. The number of rotatable bonds is 3.